The van der Waals surface area contributed by atoms with E-state index in [2.05, 4.69) is 0 Å². The van der Waals surface area contributed by atoms with Crippen molar-refractivity contribution in [3.63, 3.8) is 0 Å². The van der Waals surface area contributed by atoms with Crippen molar-refractivity contribution in [3.8, 4) is 0 Å². The van der Waals surface area contributed by atoms with Crippen molar-refractivity contribution in [1.29, 1.82) is 0 Å². The van der Waals surface area contributed by atoms with Gasteiger partial charge in [0.15, 0.2) is 0 Å². The van der Waals surface area contributed by atoms with Gasteiger partial charge in [0.25, 0.3) is 0 Å². The summed E-state index contributed by atoms with van der Waals surface area (Å²) in [5, 5.41) is 11.7. The van der Waals surface area contributed by atoms with E-state index in [-0.39, 0.29) is 19.3 Å². The number of carbonyl (C=O) groups is 3. The molecular formula is C29H32O8. The molecule has 2 bridgehead atoms. The first-order chi connectivity index (χ1) is 17.4. The van der Waals surface area contributed by atoms with Crippen LogP contribution in [0, 0.1) is 11.3 Å². The Morgan fingerprint density at radius 1 is 0.892 bits per heavy atom. The van der Waals surface area contributed by atoms with Crippen LogP contribution >= 0.6 is 0 Å². The average molecular weight is 509 g/mol. The summed E-state index contributed by atoms with van der Waals surface area (Å²) < 4.78 is 24.4. The van der Waals surface area contributed by atoms with E-state index in [0.717, 1.165) is 0 Å². The van der Waals surface area contributed by atoms with Crippen LogP contribution in [-0.4, -0.2) is 52.2 Å². The Hall–Kier alpha value is -3.23. The monoisotopic (exact) mass is 508 g/mol. The van der Waals surface area contributed by atoms with Crippen LogP contribution in [0.5, 0.6) is 0 Å². The van der Waals surface area contributed by atoms with E-state index in [0.29, 0.717) is 11.1 Å². The number of aliphatic hydroxyl groups is 1. The highest BCUT2D eigenvalue weighted by Gasteiger charge is 2.81. The van der Waals surface area contributed by atoms with Gasteiger partial charge in [0.1, 0.15) is 17.8 Å². The van der Waals surface area contributed by atoms with Crippen LogP contribution < -0.4 is 0 Å². The molecule has 3 fully saturated rings. The first-order valence-corrected chi connectivity index (χ1v) is 12.6. The first kappa shape index (κ1) is 25.4. The van der Waals surface area contributed by atoms with Gasteiger partial charge in [-0.15, -0.1) is 0 Å². The molecule has 0 radical (unpaired) electrons. The Balaban J connectivity index is 1.63. The fraction of sp³-hybridized carbons (Fsp3) is 0.483. The molecule has 0 amide bonds. The molecule has 196 valence electrons. The fourth-order valence-electron chi connectivity index (χ4n) is 6.29. The van der Waals surface area contributed by atoms with Gasteiger partial charge in [-0.05, 0) is 57.4 Å². The lowest BCUT2D eigenvalue weighted by Crippen LogP contribution is -2.75. The molecule has 0 aromatic heterocycles. The molecule has 1 spiro atoms. The predicted molar refractivity (Wildman–Crippen MR) is 131 cm³/mol. The van der Waals surface area contributed by atoms with E-state index in [1.165, 1.54) is 6.92 Å². The molecule has 0 unspecified atom stereocenters. The van der Waals surface area contributed by atoms with Crippen LogP contribution in [0.4, 0.5) is 0 Å². The summed E-state index contributed by atoms with van der Waals surface area (Å²) >= 11 is 0. The van der Waals surface area contributed by atoms with E-state index < -0.39 is 58.4 Å². The molecule has 2 aliphatic heterocycles. The molecule has 2 heterocycles. The zero-order valence-corrected chi connectivity index (χ0v) is 21.4. The normalized spacial score (nSPS) is 38.6. The van der Waals surface area contributed by atoms with Crippen LogP contribution in [0.2, 0.25) is 0 Å². The molecule has 1 saturated carbocycles. The third kappa shape index (κ3) is 3.68. The number of esters is 3. The molecule has 8 heteroatoms. The van der Waals surface area contributed by atoms with Crippen molar-refractivity contribution in [2.75, 3.05) is 0 Å². The summed E-state index contributed by atoms with van der Waals surface area (Å²) in [7, 11) is 0. The molecule has 2 aromatic carbocycles. The minimum atomic E-state index is -1.94. The van der Waals surface area contributed by atoms with Gasteiger partial charge in [0, 0.05) is 12.8 Å². The van der Waals surface area contributed by atoms with Gasteiger partial charge in [-0.3, -0.25) is 0 Å². The SMILES string of the molecule is C[C@H]1C[C@H](OC(=O)c2ccccc2)[C@]2(C)[C@@H](OC(=O)c3ccccc3)CC[C@](C)(O)[C@]23O[C@@]1(C)OC3=O. The van der Waals surface area contributed by atoms with Crippen molar-refractivity contribution in [2.24, 2.45) is 11.3 Å². The maximum atomic E-state index is 13.8. The molecule has 8 nitrogen and oxygen atoms in total. The van der Waals surface area contributed by atoms with Gasteiger partial charge >= 0.3 is 17.9 Å². The predicted octanol–water partition coefficient (Wildman–Crippen LogP) is 4.06. The third-order valence-electron chi connectivity index (χ3n) is 8.67. The van der Waals surface area contributed by atoms with Crippen molar-refractivity contribution >= 4 is 17.9 Å². The number of benzene rings is 2. The number of fused-ring (bicyclic) bond motifs is 1. The lowest BCUT2D eigenvalue weighted by atomic mass is 9.53. The summed E-state index contributed by atoms with van der Waals surface area (Å²) in [6.07, 6.45) is -1.27. The number of rotatable bonds is 4. The van der Waals surface area contributed by atoms with Gasteiger partial charge in [0.05, 0.1) is 16.5 Å². The second kappa shape index (κ2) is 8.67. The van der Waals surface area contributed by atoms with Gasteiger partial charge in [-0.2, -0.15) is 0 Å². The molecule has 1 aliphatic carbocycles. The smallest absolute Gasteiger partial charge is 0.345 e. The summed E-state index contributed by atoms with van der Waals surface area (Å²) in [4.78, 5) is 40.2. The minimum Gasteiger partial charge on any atom is -0.458 e. The van der Waals surface area contributed by atoms with E-state index in [1.54, 1.807) is 74.5 Å². The summed E-state index contributed by atoms with van der Waals surface area (Å²) in [6.45, 7) is 6.72. The molecule has 2 aromatic rings. The minimum absolute atomic E-state index is 0.105. The maximum Gasteiger partial charge on any atom is 0.345 e. The summed E-state index contributed by atoms with van der Waals surface area (Å²) in [5.74, 6) is -3.67. The standard InChI is InChI=1S/C29H32O8/c1-18-17-22(35-24(31)20-13-9-6-10-14-20)27(3)21(34-23(30)19-11-7-5-8-12-19)15-16-26(2,33)29(27)25(32)36-28(18,4)37-29/h5-14,18,21-22,33H,15-17H2,1-4H3/t18-,21-,22-,26-,27-,28+,29-/m0/s1. The van der Waals surface area contributed by atoms with Crippen molar-refractivity contribution < 1.29 is 38.4 Å². The number of hydrogen-bond acceptors (Lipinski definition) is 8. The molecule has 5 rings (SSSR count). The lowest BCUT2D eigenvalue weighted by Gasteiger charge is -2.57. The molecule has 1 N–H and O–H groups in total. The van der Waals surface area contributed by atoms with E-state index >= 15 is 0 Å². The van der Waals surface area contributed by atoms with Gasteiger partial charge in [0.2, 0.25) is 11.4 Å². The quantitative estimate of drug-likeness (QED) is 0.487. The largest absolute Gasteiger partial charge is 0.458 e. The second-order valence-corrected chi connectivity index (χ2v) is 10.9. The molecular weight excluding hydrogens is 476 g/mol. The number of carbonyl (C=O) groups excluding carboxylic acids is 3. The molecule has 37 heavy (non-hydrogen) atoms. The number of hydrogen-bond donors (Lipinski definition) is 1. The maximum absolute atomic E-state index is 13.8. The molecule has 7 atom stereocenters. The average Bonchev–Trinajstić information content (AvgIpc) is 3.15. The van der Waals surface area contributed by atoms with Crippen molar-refractivity contribution in [2.45, 2.75) is 76.2 Å². The number of ether oxygens (including phenoxy) is 4. The zero-order valence-electron chi connectivity index (χ0n) is 21.4. The van der Waals surface area contributed by atoms with Gasteiger partial charge in [-0.1, -0.05) is 43.3 Å². The van der Waals surface area contributed by atoms with Crippen LogP contribution in [0.15, 0.2) is 60.7 Å². The van der Waals surface area contributed by atoms with E-state index in [4.69, 9.17) is 18.9 Å². The van der Waals surface area contributed by atoms with E-state index in [1.807, 2.05) is 6.92 Å². The lowest BCUT2D eigenvalue weighted by molar-refractivity contribution is -0.294. The highest BCUT2D eigenvalue weighted by molar-refractivity contribution is 5.91. The molecule has 2 saturated heterocycles. The van der Waals surface area contributed by atoms with Gasteiger partial charge in [-0.25, -0.2) is 14.4 Å². The fourth-order valence-corrected chi connectivity index (χ4v) is 6.29. The highest BCUT2D eigenvalue weighted by atomic mass is 16.8. The van der Waals surface area contributed by atoms with Crippen LogP contribution in [-0.2, 0) is 23.7 Å². The molecule has 3 aliphatic rings. The van der Waals surface area contributed by atoms with E-state index in [9.17, 15) is 19.5 Å². The van der Waals surface area contributed by atoms with Crippen molar-refractivity contribution in [1.82, 2.24) is 0 Å². The second-order valence-electron chi connectivity index (χ2n) is 10.9. The Morgan fingerprint density at radius 2 is 1.41 bits per heavy atom. The Morgan fingerprint density at radius 3 is 1.95 bits per heavy atom. The Kier molecular flexibility index (Phi) is 5.96. The van der Waals surface area contributed by atoms with Crippen LogP contribution in [0.25, 0.3) is 0 Å². The van der Waals surface area contributed by atoms with Crippen LogP contribution in [0.1, 0.15) is 67.7 Å². The first-order valence-electron chi connectivity index (χ1n) is 12.6. The Bertz CT molecular complexity index is 1210. The third-order valence-corrected chi connectivity index (χ3v) is 8.67. The Labute approximate surface area is 215 Å². The van der Waals surface area contributed by atoms with Gasteiger partial charge < -0.3 is 24.1 Å². The summed E-state index contributed by atoms with van der Waals surface area (Å²) in [6, 6.07) is 17.1. The highest BCUT2D eigenvalue weighted by Crippen LogP contribution is 2.63. The summed E-state index contributed by atoms with van der Waals surface area (Å²) in [5.41, 5.74) is -4.41. The topological polar surface area (TPSA) is 108 Å². The van der Waals surface area contributed by atoms with Crippen LogP contribution in [0.3, 0.4) is 0 Å². The van der Waals surface area contributed by atoms with Crippen molar-refractivity contribution in [3.05, 3.63) is 71.8 Å². The zero-order chi connectivity index (χ0) is 26.6.